The maximum absolute atomic E-state index is 11.3. The molecule has 1 fully saturated rings. The maximum Gasteiger partial charge on any atom is 0.358 e. The van der Waals surface area contributed by atoms with Gasteiger partial charge in [-0.15, -0.1) is 16.9 Å². The molecule has 3 rings (SSSR count). The molecular formula is C14H15N3O2S. The Hall–Kier alpha value is -1.82. The van der Waals surface area contributed by atoms with E-state index in [1.807, 2.05) is 30.5 Å². The third-order valence-corrected chi connectivity index (χ3v) is 4.42. The molecule has 6 heteroatoms. The van der Waals surface area contributed by atoms with Crippen molar-refractivity contribution in [3.05, 3.63) is 35.7 Å². The molecule has 2 aromatic rings. The van der Waals surface area contributed by atoms with Crippen LogP contribution in [0.3, 0.4) is 0 Å². The first kappa shape index (κ1) is 13.2. The van der Waals surface area contributed by atoms with Gasteiger partial charge >= 0.3 is 5.97 Å². The average Bonchev–Trinajstić information content (AvgIpc) is 2.81. The molecule has 0 aliphatic heterocycles. The van der Waals surface area contributed by atoms with Gasteiger partial charge in [0.05, 0.1) is 11.4 Å². The van der Waals surface area contributed by atoms with E-state index in [4.69, 9.17) is 0 Å². The van der Waals surface area contributed by atoms with Crippen LogP contribution in [0.2, 0.25) is 0 Å². The number of benzene rings is 1. The number of aromatic carboxylic acids is 1. The number of thioether (sulfide) groups is 1. The third kappa shape index (κ3) is 2.20. The van der Waals surface area contributed by atoms with Crippen molar-refractivity contribution >= 4 is 17.7 Å². The summed E-state index contributed by atoms with van der Waals surface area (Å²) in [6.45, 7) is 0. The van der Waals surface area contributed by atoms with Crippen molar-refractivity contribution in [2.45, 2.75) is 30.1 Å². The predicted molar refractivity (Wildman–Crippen MR) is 76.7 cm³/mol. The van der Waals surface area contributed by atoms with E-state index >= 15 is 0 Å². The fraction of sp³-hybridized carbons (Fsp3) is 0.357. The van der Waals surface area contributed by atoms with Gasteiger partial charge < -0.3 is 5.11 Å². The molecule has 104 valence electrons. The highest BCUT2D eigenvalue weighted by atomic mass is 32.2. The fourth-order valence-corrected chi connectivity index (χ4v) is 2.88. The number of hydrogen-bond donors (Lipinski definition) is 1. The number of nitrogens with zero attached hydrogens (tertiary/aromatic N) is 3. The molecule has 0 saturated heterocycles. The molecule has 0 unspecified atom stereocenters. The number of hydrogen-bond acceptors (Lipinski definition) is 4. The summed E-state index contributed by atoms with van der Waals surface area (Å²) in [5.74, 6) is -0.742. The second kappa shape index (κ2) is 5.28. The Morgan fingerprint density at radius 2 is 2.25 bits per heavy atom. The van der Waals surface area contributed by atoms with Crippen molar-refractivity contribution in [2.24, 2.45) is 0 Å². The molecule has 0 amide bonds. The highest BCUT2D eigenvalue weighted by molar-refractivity contribution is 7.98. The van der Waals surface area contributed by atoms with Crippen molar-refractivity contribution in [1.29, 1.82) is 0 Å². The van der Waals surface area contributed by atoms with E-state index in [1.54, 1.807) is 16.4 Å². The van der Waals surface area contributed by atoms with Crippen LogP contribution in [0.1, 0.15) is 41.4 Å². The highest BCUT2D eigenvalue weighted by Gasteiger charge is 2.30. The molecule has 1 aromatic carbocycles. The summed E-state index contributed by atoms with van der Waals surface area (Å²) in [4.78, 5) is 12.4. The van der Waals surface area contributed by atoms with E-state index in [2.05, 4.69) is 10.3 Å². The zero-order valence-corrected chi connectivity index (χ0v) is 11.9. The molecule has 0 atom stereocenters. The van der Waals surface area contributed by atoms with E-state index in [0.29, 0.717) is 0 Å². The second-order valence-corrected chi connectivity index (χ2v) is 5.75. The Bertz CT molecular complexity index is 650. The molecule has 1 aliphatic carbocycles. The van der Waals surface area contributed by atoms with E-state index < -0.39 is 5.97 Å². The van der Waals surface area contributed by atoms with E-state index in [1.165, 1.54) is 0 Å². The van der Waals surface area contributed by atoms with Gasteiger partial charge in [0.15, 0.2) is 5.69 Å². The van der Waals surface area contributed by atoms with Crippen LogP contribution in [-0.4, -0.2) is 32.3 Å². The number of rotatable bonds is 4. The molecule has 20 heavy (non-hydrogen) atoms. The van der Waals surface area contributed by atoms with Crippen LogP contribution in [-0.2, 0) is 0 Å². The van der Waals surface area contributed by atoms with Crippen LogP contribution in [0.15, 0.2) is 29.2 Å². The molecule has 1 saturated carbocycles. The molecule has 0 radical (unpaired) electrons. The van der Waals surface area contributed by atoms with Crippen LogP contribution in [0.5, 0.6) is 0 Å². The van der Waals surface area contributed by atoms with Crippen molar-refractivity contribution in [2.75, 3.05) is 6.26 Å². The van der Waals surface area contributed by atoms with E-state index in [-0.39, 0.29) is 11.6 Å². The lowest BCUT2D eigenvalue weighted by Gasteiger charge is -2.26. The fourth-order valence-electron chi connectivity index (χ4n) is 2.42. The first-order valence-corrected chi connectivity index (χ1v) is 7.76. The Morgan fingerprint density at radius 3 is 2.85 bits per heavy atom. The molecule has 0 bridgehead atoms. The van der Waals surface area contributed by atoms with Gasteiger partial charge in [-0.3, -0.25) is 0 Å². The molecule has 0 spiro atoms. The summed E-state index contributed by atoms with van der Waals surface area (Å²) < 4.78 is 1.69. The first-order chi connectivity index (χ1) is 9.70. The summed E-state index contributed by atoms with van der Waals surface area (Å²) in [5, 5.41) is 17.2. The lowest BCUT2D eigenvalue weighted by atomic mass is 9.82. The van der Waals surface area contributed by atoms with Crippen LogP contribution < -0.4 is 0 Å². The Kier molecular flexibility index (Phi) is 3.48. The van der Waals surface area contributed by atoms with Crippen molar-refractivity contribution in [3.8, 4) is 5.69 Å². The Balaban J connectivity index is 2.10. The van der Waals surface area contributed by atoms with Gasteiger partial charge in [0.25, 0.3) is 0 Å². The summed E-state index contributed by atoms with van der Waals surface area (Å²) in [5.41, 5.74) is 1.70. The first-order valence-electron chi connectivity index (χ1n) is 6.54. The molecule has 5 nitrogen and oxygen atoms in total. The average molecular weight is 289 g/mol. The third-order valence-electron chi connectivity index (χ3n) is 3.70. The summed E-state index contributed by atoms with van der Waals surface area (Å²) in [6.07, 6.45) is 5.17. The largest absolute Gasteiger partial charge is 0.476 e. The minimum Gasteiger partial charge on any atom is -0.476 e. The molecule has 1 N–H and O–H groups in total. The van der Waals surface area contributed by atoms with Gasteiger partial charge in [0.2, 0.25) is 0 Å². The van der Waals surface area contributed by atoms with Crippen molar-refractivity contribution in [3.63, 3.8) is 0 Å². The smallest absolute Gasteiger partial charge is 0.358 e. The number of carbonyl (C=O) groups is 1. The van der Waals surface area contributed by atoms with Crippen LogP contribution in [0, 0.1) is 0 Å². The van der Waals surface area contributed by atoms with E-state index in [0.717, 1.165) is 35.5 Å². The zero-order valence-electron chi connectivity index (χ0n) is 11.1. The monoisotopic (exact) mass is 289 g/mol. The van der Waals surface area contributed by atoms with Crippen LogP contribution in [0.4, 0.5) is 0 Å². The van der Waals surface area contributed by atoms with Gasteiger partial charge in [0.1, 0.15) is 0 Å². The van der Waals surface area contributed by atoms with Gasteiger partial charge in [-0.2, -0.15) is 0 Å². The normalized spacial score (nSPS) is 15.1. The lowest BCUT2D eigenvalue weighted by Crippen LogP contribution is -2.17. The number of carboxylic acid groups (broad SMARTS) is 1. The van der Waals surface area contributed by atoms with Gasteiger partial charge in [-0.05, 0) is 37.3 Å². The van der Waals surface area contributed by atoms with Gasteiger partial charge in [0, 0.05) is 10.8 Å². The van der Waals surface area contributed by atoms with Gasteiger partial charge in [-0.1, -0.05) is 17.7 Å². The summed E-state index contributed by atoms with van der Waals surface area (Å²) >= 11 is 1.65. The molecule has 1 aliphatic rings. The van der Waals surface area contributed by atoms with Crippen molar-refractivity contribution < 1.29 is 9.90 Å². The second-order valence-electron chi connectivity index (χ2n) is 4.87. The number of carboxylic acids is 1. The zero-order chi connectivity index (χ0) is 14.1. The quantitative estimate of drug-likeness (QED) is 0.876. The molecule has 1 heterocycles. The van der Waals surface area contributed by atoms with Crippen molar-refractivity contribution in [1.82, 2.24) is 15.0 Å². The molecule has 1 aromatic heterocycles. The maximum atomic E-state index is 11.3. The summed E-state index contributed by atoms with van der Waals surface area (Å²) in [7, 11) is 0. The standard InChI is InChI=1S/C14H15N3O2S/c1-20-11-7-3-6-10(8-11)17-13(9-4-2-5-9)12(14(18)19)15-16-17/h3,6-9H,2,4-5H2,1H3,(H,18,19). The van der Waals surface area contributed by atoms with Crippen LogP contribution in [0.25, 0.3) is 5.69 Å². The summed E-state index contributed by atoms with van der Waals surface area (Å²) in [6, 6.07) is 7.91. The van der Waals surface area contributed by atoms with E-state index in [9.17, 15) is 9.90 Å². The van der Waals surface area contributed by atoms with Crippen LogP contribution >= 0.6 is 11.8 Å². The minimum absolute atomic E-state index is 0.0873. The lowest BCUT2D eigenvalue weighted by molar-refractivity contribution is 0.0687. The SMILES string of the molecule is CSc1cccc(-n2nnc(C(=O)O)c2C2CCC2)c1. The highest BCUT2D eigenvalue weighted by Crippen LogP contribution is 2.38. The Morgan fingerprint density at radius 1 is 1.45 bits per heavy atom. The minimum atomic E-state index is -1.00. The molecular weight excluding hydrogens is 274 g/mol. The number of aromatic nitrogens is 3. The topological polar surface area (TPSA) is 68.0 Å². The van der Waals surface area contributed by atoms with Gasteiger partial charge in [-0.25, -0.2) is 9.48 Å². The Labute approximate surface area is 121 Å². The predicted octanol–water partition coefficient (Wildman–Crippen LogP) is 2.95.